The maximum absolute atomic E-state index is 13.1. The molecule has 1 amide bonds. The first-order chi connectivity index (χ1) is 13.5. The third-order valence-electron chi connectivity index (χ3n) is 4.65. The van der Waals surface area contributed by atoms with E-state index in [1.54, 1.807) is 18.2 Å². The van der Waals surface area contributed by atoms with Crippen LogP contribution in [0.2, 0.25) is 0 Å². The second-order valence-electron chi connectivity index (χ2n) is 6.63. The first-order valence-corrected chi connectivity index (χ1v) is 8.93. The fourth-order valence-corrected chi connectivity index (χ4v) is 3.30. The van der Waals surface area contributed by atoms with Crippen LogP contribution in [-0.2, 0) is 22.6 Å². The summed E-state index contributed by atoms with van der Waals surface area (Å²) in [6.45, 7) is -0.0270. The van der Waals surface area contributed by atoms with Crippen LogP contribution in [-0.4, -0.2) is 49.3 Å². The molecule has 7 heteroatoms. The molecule has 0 spiro atoms. The predicted molar refractivity (Wildman–Crippen MR) is 102 cm³/mol. The summed E-state index contributed by atoms with van der Waals surface area (Å²) in [5.74, 6) is 0.175. The summed E-state index contributed by atoms with van der Waals surface area (Å²) in [6, 6.07) is 12.8. The fraction of sp³-hybridized carbons (Fsp3) is 0.333. The number of aliphatic carboxylic acids is 1. The molecule has 7 nitrogen and oxygen atoms in total. The van der Waals surface area contributed by atoms with Crippen LogP contribution in [0.5, 0.6) is 17.2 Å². The molecule has 0 fully saturated rings. The Hall–Kier alpha value is -3.22. The molecule has 1 heterocycles. The molecule has 2 aromatic rings. The third kappa shape index (κ3) is 4.54. The van der Waals surface area contributed by atoms with E-state index in [0.717, 1.165) is 16.9 Å². The van der Waals surface area contributed by atoms with E-state index in [1.165, 1.54) is 19.1 Å². The lowest BCUT2D eigenvalue weighted by molar-refractivity contribution is -0.147. The van der Waals surface area contributed by atoms with Crippen LogP contribution in [0, 0.1) is 5.92 Å². The minimum atomic E-state index is -1.07. The summed E-state index contributed by atoms with van der Waals surface area (Å²) in [6.07, 6.45) is 0.520. The van der Waals surface area contributed by atoms with Crippen LogP contribution in [0.3, 0.4) is 0 Å². The lowest BCUT2D eigenvalue weighted by atomic mass is 9.95. The van der Waals surface area contributed by atoms with Gasteiger partial charge in [0.05, 0.1) is 20.1 Å². The highest BCUT2D eigenvalue weighted by Gasteiger charge is 2.30. The SMILES string of the molecule is COc1cc(CN(CC(=O)O)C(=O)C2COc3ccccc3C2)cc(OC)c1. The highest BCUT2D eigenvalue weighted by atomic mass is 16.5. The maximum Gasteiger partial charge on any atom is 0.323 e. The van der Waals surface area contributed by atoms with Crippen molar-refractivity contribution < 1.29 is 28.9 Å². The quantitative estimate of drug-likeness (QED) is 0.788. The number of carbonyl (C=O) groups excluding carboxylic acids is 1. The minimum Gasteiger partial charge on any atom is -0.497 e. The van der Waals surface area contributed by atoms with Gasteiger partial charge in [-0.3, -0.25) is 9.59 Å². The minimum absolute atomic E-state index is 0.136. The number of hydrogen-bond acceptors (Lipinski definition) is 5. The lowest BCUT2D eigenvalue weighted by Crippen LogP contribution is -2.42. The Labute approximate surface area is 163 Å². The third-order valence-corrected chi connectivity index (χ3v) is 4.65. The molecule has 0 aromatic heterocycles. The first kappa shape index (κ1) is 19.5. The Morgan fingerprint density at radius 1 is 1.14 bits per heavy atom. The van der Waals surface area contributed by atoms with E-state index < -0.39 is 18.4 Å². The standard InChI is InChI=1S/C21H23NO6/c1-26-17-7-14(8-18(10-17)27-2)11-22(12-20(23)24)21(25)16-9-15-5-3-4-6-19(15)28-13-16/h3-8,10,16H,9,11-13H2,1-2H3,(H,23,24). The molecule has 1 unspecified atom stereocenters. The van der Waals surface area contributed by atoms with Crippen molar-refractivity contribution in [3.63, 3.8) is 0 Å². The van der Waals surface area contributed by atoms with Crippen molar-refractivity contribution in [1.29, 1.82) is 0 Å². The van der Waals surface area contributed by atoms with E-state index in [0.29, 0.717) is 17.9 Å². The van der Waals surface area contributed by atoms with Gasteiger partial charge in [0.15, 0.2) is 0 Å². The van der Waals surface area contributed by atoms with Crippen LogP contribution in [0.4, 0.5) is 0 Å². The normalized spacial score (nSPS) is 15.1. The number of carbonyl (C=O) groups is 2. The van der Waals surface area contributed by atoms with Crippen molar-refractivity contribution in [1.82, 2.24) is 4.90 Å². The molecular formula is C21H23NO6. The van der Waals surface area contributed by atoms with E-state index >= 15 is 0 Å². The molecule has 1 N–H and O–H groups in total. The van der Waals surface area contributed by atoms with Gasteiger partial charge in [-0.2, -0.15) is 0 Å². The van der Waals surface area contributed by atoms with Gasteiger partial charge in [0.1, 0.15) is 30.4 Å². The van der Waals surface area contributed by atoms with Gasteiger partial charge in [-0.05, 0) is 35.7 Å². The van der Waals surface area contributed by atoms with Gasteiger partial charge in [-0.25, -0.2) is 0 Å². The summed E-state index contributed by atoms with van der Waals surface area (Å²) < 4.78 is 16.2. The smallest absolute Gasteiger partial charge is 0.323 e. The van der Waals surface area contributed by atoms with E-state index in [9.17, 15) is 14.7 Å². The van der Waals surface area contributed by atoms with Gasteiger partial charge >= 0.3 is 5.97 Å². The van der Waals surface area contributed by atoms with Crippen molar-refractivity contribution in [3.8, 4) is 17.2 Å². The summed E-state index contributed by atoms with van der Waals surface area (Å²) in [7, 11) is 3.07. The molecule has 0 bridgehead atoms. The van der Waals surface area contributed by atoms with Crippen molar-refractivity contribution in [3.05, 3.63) is 53.6 Å². The summed E-state index contributed by atoms with van der Waals surface area (Å²) in [5.41, 5.74) is 1.67. The zero-order valence-electron chi connectivity index (χ0n) is 15.9. The Morgan fingerprint density at radius 2 is 1.82 bits per heavy atom. The largest absolute Gasteiger partial charge is 0.497 e. The zero-order chi connectivity index (χ0) is 20.1. The molecular weight excluding hydrogens is 362 g/mol. The molecule has 0 aliphatic carbocycles. The van der Waals surface area contributed by atoms with Gasteiger partial charge in [0.2, 0.25) is 5.91 Å². The molecule has 28 heavy (non-hydrogen) atoms. The number of ether oxygens (including phenoxy) is 3. The van der Waals surface area contributed by atoms with Crippen molar-refractivity contribution in [2.24, 2.45) is 5.92 Å². The highest BCUT2D eigenvalue weighted by Crippen LogP contribution is 2.29. The van der Waals surface area contributed by atoms with Crippen molar-refractivity contribution >= 4 is 11.9 Å². The van der Waals surface area contributed by atoms with Crippen molar-refractivity contribution in [2.75, 3.05) is 27.4 Å². The number of nitrogens with zero attached hydrogens (tertiary/aromatic N) is 1. The highest BCUT2D eigenvalue weighted by molar-refractivity contribution is 5.83. The van der Waals surface area contributed by atoms with Gasteiger partial charge < -0.3 is 24.2 Å². The summed E-state index contributed by atoms with van der Waals surface area (Å²) >= 11 is 0. The number of carboxylic acids is 1. The molecule has 1 aliphatic heterocycles. The van der Waals surface area contributed by atoms with Crippen LogP contribution in [0.1, 0.15) is 11.1 Å². The van der Waals surface area contributed by atoms with E-state index in [-0.39, 0.29) is 19.1 Å². The molecule has 3 rings (SSSR count). The Bertz CT molecular complexity index is 843. The van der Waals surface area contributed by atoms with Gasteiger partial charge in [-0.1, -0.05) is 18.2 Å². The van der Waals surface area contributed by atoms with Crippen LogP contribution in [0.25, 0.3) is 0 Å². The average molecular weight is 385 g/mol. The fourth-order valence-electron chi connectivity index (χ4n) is 3.30. The number of hydrogen-bond donors (Lipinski definition) is 1. The number of benzene rings is 2. The maximum atomic E-state index is 13.1. The number of carboxylic acid groups (broad SMARTS) is 1. The number of amides is 1. The molecule has 148 valence electrons. The van der Waals surface area contributed by atoms with E-state index in [4.69, 9.17) is 14.2 Å². The van der Waals surface area contributed by atoms with E-state index in [1.807, 2.05) is 24.3 Å². The van der Waals surface area contributed by atoms with Crippen LogP contribution < -0.4 is 14.2 Å². The number of methoxy groups -OCH3 is 2. The Balaban J connectivity index is 1.80. The van der Waals surface area contributed by atoms with Gasteiger partial charge in [-0.15, -0.1) is 0 Å². The average Bonchev–Trinajstić information content (AvgIpc) is 2.71. The topological polar surface area (TPSA) is 85.3 Å². The molecule has 1 atom stereocenters. The van der Waals surface area contributed by atoms with Crippen molar-refractivity contribution in [2.45, 2.75) is 13.0 Å². The number of para-hydroxylation sites is 1. The number of fused-ring (bicyclic) bond motifs is 1. The molecule has 0 saturated carbocycles. The zero-order valence-corrected chi connectivity index (χ0v) is 15.9. The predicted octanol–water partition coefficient (Wildman–Crippen LogP) is 2.37. The van der Waals surface area contributed by atoms with E-state index in [2.05, 4.69) is 0 Å². The van der Waals surface area contributed by atoms with Crippen LogP contribution >= 0.6 is 0 Å². The molecule has 0 radical (unpaired) electrons. The molecule has 0 saturated heterocycles. The summed E-state index contributed by atoms with van der Waals surface area (Å²) in [4.78, 5) is 25.8. The molecule has 2 aromatic carbocycles. The second kappa shape index (κ2) is 8.65. The van der Waals surface area contributed by atoms with Crippen LogP contribution in [0.15, 0.2) is 42.5 Å². The lowest BCUT2D eigenvalue weighted by Gasteiger charge is -2.29. The first-order valence-electron chi connectivity index (χ1n) is 8.93. The van der Waals surface area contributed by atoms with Gasteiger partial charge in [0.25, 0.3) is 0 Å². The summed E-state index contributed by atoms with van der Waals surface area (Å²) in [5, 5.41) is 9.29. The second-order valence-corrected chi connectivity index (χ2v) is 6.63. The monoisotopic (exact) mass is 385 g/mol. The molecule has 1 aliphatic rings. The Morgan fingerprint density at radius 3 is 2.46 bits per heavy atom. The van der Waals surface area contributed by atoms with Gasteiger partial charge in [0, 0.05) is 12.6 Å². The number of rotatable bonds is 7. The Kier molecular flexibility index (Phi) is 6.03.